The summed E-state index contributed by atoms with van der Waals surface area (Å²) in [7, 11) is 4.52. The molecule has 214 valence electrons. The van der Waals surface area contributed by atoms with Crippen LogP contribution in [0.5, 0.6) is 28.7 Å². The van der Waals surface area contributed by atoms with Gasteiger partial charge in [0, 0.05) is 5.56 Å². The number of carbonyl (C=O) groups excluding carboxylic acids is 1. The van der Waals surface area contributed by atoms with E-state index in [2.05, 4.69) is 5.10 Å². The van der Waals surface area contributed by atoms with Gasteiger partial charge in [-0.2, -0.15) is 9.78 Å². The van der Waals surface area contributed by atoms with Gasteiger partial charge >= 0.3 is 5.97 Å². The Kier molecular flexibility index (Phi) is 8.19. The summed E-state index contributed by atoms with van der Waals surface area (Å²) in [6, 6.07) is 18.4. The Morgan fingerprint density at radius 1 is 0.929 bits per heavy atom. The number of methoxy groups -OCH3 is 3. The van der Waals surface area contributed by atoms with Crippen LogP contribution in [-0.4, -0.2) is 49.8 Å². The molecule has 2 heterocycles. The molecule has 42 heavy (non-hydrogen) atoms. The van der Waals surface area contributed by atoms with Crippen molar-refractivity contribution in [3.05, 3.63) is 94.7 Å². The maximum atomic E-state index is 13.7. The number of esters is 1. The van der Waals surface area contributed by atoms with Crippen LogP contribution in [0.15, 0.2) is 87.3 Å². The lowest BCUT2D eigenvalue weighted by molar-refractivity contribution is 0.0695. The Morgan fingerprint density at radius 3 is 2.36 bits per heavy atom. The maximum Gasteiger partial charge on any atom is 0.379 e. The van der Waals surface area contributed by atoms with Crippen molar-refractivity contribution in [3.63, 3.8) is 0 Å². The fourth-order valence-corrected chi connectivity index (χ4v) is 4.25. The molecule has 0 N–H and O–H groups in total. The van der Waals surface area contributed by atoms with Crippen molar-refractivity contribution in [1.82, 2.24) is 9.66 Å². The van der Waals surface area contributed by atoms with Crippen LogP contribution in [0.3, 0.4) is 0 Å². The van der Waals surface area contributed by atoms with Crippen molar-refractivity contribution in [1.29, 1.82) is 0 Å². The summed E-state index contributed by atoms with van der Waals surface area (Å²) in [5.41, 5.74) is 1.21. The van der Waals surface area contributed by atoms with E-state index in [4.69, 9.17) is 33.1 Å². The molecule has 0 saturated heterocycles. The molecule has 11 nitrogen and oxygen atoms in total. The number of benzene rings is 3. The minimum absolute atomic E-state index is 0.0607. The van der Waals surface area contributed by atoms with Gasteiger partial charge in [0.15, 0.2) is 28.8 Å². The third-order valence-electron chi connectivity index (χ3n) is 6.19. The minimum atomic E-state index is -0.661. The molecule has 0 spiro atoms. The van der Waals surface area contributed by atoms with E-state index in [1.54, 1.807) is 60.7 Å². The number of carbonyl (C=O) groups is 1. The second kappa shape index (κ2) is 12.3. The molecular formula is C31H27N3O8. The molecule has 0 fully saturated rings. The van der Waals surface area contributed by atoms with Gasteiger partial charge in [0.25, 0.3) is 5.56 Å². The highest BCUT2D eigenvalue weighted by Crippen LogP contribution is 2.41. The Morgan fingerprint density at radius 2 is 1.69 bits per heavy atom. The van der Waals surface area contributed by atoms with Gasteiger partial charge in [-0.15, -0.1) is 0 Å². The predicted molar refractivity (Wildman–Crippen MR) is 155 cm³/mol. The number of para-hydroxylation sites is 1. The van der Waals surface area contributed by atoms with Gasteiger partial charge in [0.05, 0.1) is 51.3 Å². The highest BCUT2D eigenvalue weighted by Gasteiger charge is 2.19. The molecule has 5 rings (SSSR count). The number of rotatable bonds is 10. The number of furan rings is 1. The van der Waals surface area contributed by atoms with E-state index in [-0.39, 0.29) is 22.9 Å². The first-order valence-electron chi connectivity index (χ1n) is 12.9. The molecule has 0 aliphatic heterocycles. The standard InChI is InChI=1S/C31H27N3O8/c1-5-40-25-15-19(12-13-23(25)42-31(36)24-11-8-14-41-24)18-32-34-29(33-22-10-7-6-9-21(22)30(34)35)20-16-26(37-2)28(39-4)27(17-20)38-3/h6-18H,5H2,1-4H3. The lowest BCUT2D eigenvalue weighted by Gasteiger charge is -2.15. The van der Waals surface area contributed by atoms with Gasteiger partial charge in [-0.25, -0.2) is 9.78 Å². The van der Waals surface area contributed by atoms with E-state index in [9.17, 15) is 9.59 Å². The van der Waals surface area contributed by atoms with E-state index in [1.807, 2.05) is 6.92 Å². The normalized spacial score (nSPS) is 11.0. The van der Waals surface area contributed by atoms with Gasteiger partial charge in [-0.05, 0) is 67.1 Å². The summed E-state index contributed by atoms with van der Waals surface area (Å²) in [6.07, 6.45) is 2.87. The topological polar surface area (TPSA) is 124 Å². The average molecular weight is 570 g/mol. The highest BCUT2D eigenvalue weighted by molar-refractivity contribution is 5.89. The molecule has 0 unspecified atom stereocenters. The van der Waals surface area contributed by atoms with Crippen LogP contribution in [0, 0.1) is 0 Å². The van der Waals surface area contributed by atoms with Crippen molar-refractivity contribution >= 4 is 23.1 Å². The third-order valence-corrected chi connectivity index (χ3v) is 6.19. The summed E-state index contributed by atoms with van der Waals surface area (Å²) in [5.74, 6) is 1.36. The smallest absolute Gasteiger partial charge is 0.379 e. The maximum absolute atomic E-state index is 13.7. The number of fused-ring (bicyclic) bond motifs is 1. The first-order valence-corrected chi connectivity index (χ1v) is 12.9. The van der Waals surface area contributed by atoms with Gasteiger partial charge in [0.2, 0.25) is 11.5 Å². The van der Waals surface area contributed by atoms with E-state index in [0.717, 1.165) is 0 Å². The van der Waals surface area contributed by atoms with Crippen molar-refractivity contribution < 1.29 is 32.9 Å². The number of hydrogen-bond donors (Lipinski definition) is 0. The van der Waals surface area contributed by atoms with Crippen LogP contribution in [-0.2, 0) is 0 Å². The van der Waals surface area contributed by atoms with Crippen molar-refractivity contribution in [2.45, 2.75) is 6.92 Å². The Balaban J connectivity index is 1.59. The van der Waals surface area contributed by atoms with E-state index in [1.165, 1.54) is 44.5 Å². The molecule has 0 amide bonds. The van der Waals surface area contributed by atoms with Gasteiger partial charge in [-0.3, -0.25) is 4.79 Å². The SMILES string of the molecule is CCOc1cc(C=Nn2c(-c3cc(OC)c(OC)c(OC)c3)nc3ccccc3c2=O)ccc1OC(=O)c1ccco1. The fraction of sp³-hybridized carbons (Fsp3) is 0.161. The monoisotopic (exact) mass is 569 g/mol. The Labute approximate surface area is 240 Å². The lowest BCUT2D eigenvalue weighted by Crippen LogP contribution is -2.20. The second-order valence-electron chi connectivity index (χ2n) is 8.73. The number of nitrogens with zero attached hydrogens (tertiary/aromatic N) is 3. The first kappa shape index (κ1) is 28.0. The zero-order valence-corrected chi connectivity index (χ0v) is 23.3. The Hall–Kier alpha value is -5.58. The Bertz CT molecular complexity index is 1800. The fourth-order valence-electron chi connectivity index (χ4n) is 4.25. The molecule has 0 saturated carbocycles. The van der Waals surface area contributed by atoms with Crippen molar-refractivity contribution in [2.75, 3.05) is 27.9 Å². The van der Waals surface area contributed by atoms with Crippen molar-refractivity contribution in [3.8, 4) is 40.1 Å². The third kappa shape index (κ3) is 5.52. The molecular weight excluding hydrogens is 542 g/mol. The molecule has 0 radical (unpaired) electrons. The summed E-state index contributed by atoms with van der Waals surface area (Å²) in [4.78, 5) is 30.8. The quantitative estimate of drug-likeness (QED) is 0.127. The van der Waals surface area contributed by atoms with E-state index >= 15 is 0 Å². The van der Waals surface area contributed by atoms with Crippen LogP contribution < -0.4 is 29.2 Å². The first-order chi connectivity index (χ1) is 20.5. The van der Waals surface area contributed by atoms with E-state index < -0.39 is 5.97 Å². The summed E-state index contributed by atoms with van der Waals surface area (Å²) in [5, 5.41) is 4.90. The zero-order chi connectivity index (χ0) is 29.6. The predicted octanol–water partition coefficient (Wildman–Crippen LogP) is 5.18. The molecule has 5 aromatic rings. The second-order valence-corrected chi connectivity index (χ2v) is 8.73. The van der Waals surface area contributed by atoms with Crippen LogP contribution in [0.1, 0.15) is 23.0 Å². The van der Waals surface area contributed by atoms with Crippen LogP contribution in [0.2, 0.25) is 0 Å². The van der Waals surface area contributed by atoms with Gasteiger partial charge in [0.1, 0.15) is 0 Å². The highest BCUT2D eigenvalue weighted by atomic mass is 16.6. The molecule has 0 bridgehead atoms. The lowest BCUT2D eigenvalue weighted by atomic mass is 10.1. The summed E-state index contributed by atoms with van der Waals surface area (Å²) >= 11 is 0. The van der Waals surface area contributed by atoms with Gasteiger partial charge in [-0.1, -0.05) is 12.1 Å². The molecule has 11 heteroatoms. The molecule has 0 atom stereocenters. The summed E-state index contributed by atoms with van der Waals surface area (Å²) < 4.78 is 34.0. The number of ether oxygens (including phenoxy) is 5. The average Bonchev–Trinajstić information content (AvgIpc) is 3.56. The molecule has 0 aliphatic carbocycles. The number of aromatic nitrogens is 2. The van der Waals surface area contributed by atoms with Gasteiger partial charge < -0.3 is 28.1 Å². The molecule has 0 aliphatic rings. The summed E-state index contributed by atoms with van der Waals surface area (Å²) in [6.45, 7) is 2.13. The van der Waals surface area contributed by atoms with Crippen molar-refractivity contribution in [2.24, 2.45) is 5.10 Å². The van der Waals surface area contributed by atoms with Crippen LogP contribution in [0.4, 0.5) is 0 Å². The number of hydrogen-bond acceptors (Lipinski definition) is 10. The molecule has 2 aromatic heterocycles. The van der Waals surface area contributed by atoms with E-state index in [0.29, 0.717) is 51.6 Å². The largest absolute Gasteiger partial charge is 0.493 e. The van der Waals surface area contributed by atoms with Crippen LogP contribution in [0.25, 0.3) is 22.3 Å². The molecule has 3 aromatic carbocycles. The van der Waals surface area contributed by atoms with Crippen LogP contribution >= 0.6 is 0 Å². The minimum Gasteiger partial charge on any atom is -0.493 e. The zero-order valence-electron chi connectivity index (χ0n) is 23.3.